The van der Waals surface area contributed by atoms with Gasteiger partial charge in [0.2, 0.25) is 0 Å². The molecule has 0 aromatic carbocycles. The monoisotopic (exact) mass is 311 g/mol. The molecule has 0 aliphatic carbocycles. The van der Waals surface area contributed by atoms with Crippen LogP contribution in [-0.4, -0.2) is 35.0 Å². The molecule has 4 rings (SSSR count). The molecule has 0 spiro atoms. The highest BCUT2D eigenvalue weighted by Crippen LogP contribution is 2.31. The maximum atomic E-state index is 12.4. The number of pyridine rings is 1. The van der Waals surface area contributed by atoms with Crippen LogP contribution in [0.1, 0.15) is 35.1 Å². The van der Waals surface area contributed by atoms with Gasteiger partial charge in [0.25, 0.3) is 5.91 Å². The summed E-state index contributed by atoms with van der Waals surface area (Å²) in [5, 5.41) is 4.17. The lowest BCUT2D eigenvalue weighted by Crippen LogP contribution is -2.45. The minimum atomic E-state index is -0.0732. The van der Waals surface area contributed by atoms with Gasteiger partial charge in [-0.25, -0.2) is 0 Å². The van der Waals surface area contributed by atoms with Crippen LogP contribution >= 0.6 is 11.3 Å². The van der Waals surface area contributed by atoms with E-state index in [2.05, 4.69) is 27.0 Å². The molecular formula is C17H17N3OS. The number of amides is 1. The first-order chi connectivity index (χ1) is 10.7. The number of carbonyl (C=O) groups excluding carboxylic acids is 1. The van der Waals surface area contributed by atoms with Crippen molar-refractivity contribution in [3.05, 3.63) is 28.9 Å². The Bertz CT molecular complexity index is 801. The lowest BCUT2D eigenvalue weighted by Gasteiger charge is -2.25. The molecule has 0 saturated carbocycles. The molecule has 5 heteroatoms. The van der Waals surface area contributed by atoms with E-state index in [1.165, 1.54) is 6.42 Å². The summed E-state index contributed by atoms with van der Waals surface area (Å²) in [6.07, 6.45) is 4.30. The molecule has 22 heavy (non-hydrogen) atoms. The average Bonchev–Trinajstić information content (AvgIpc) is 3.20. The van der Waals surface area contributed by atoms with Gasteiger partial charge < -0.3 is 5.32 Å². The summed E-state index contributed by atoms with van der Waals surface area (Å²) in [7, 11) is 0. The first kappa shape index (κ1) is 13.7. The largest absolute Gasteiger partial charge is 0.335 e. The third-order valence-electron chi connectivity index (χ3n) is 4.49. The number of piperidine rings is 1. The number of hydrogen-bond donors (Lipinski definition) is 1. The zero-order valence-corrected chi connectivity index (χ0v) is 13.2. The van der Waals surface area contributed by atoms with E-state index in [0.29, 0.717) is 5.69 Å². The smallest absolute Gasteiger partial charge is 0.271 e. The maximum Gasteiger partial charge on any atom is 0.271 e. The second-order valence-corrected chi connectivity index (χ2v) is 7.05. The Morgan fingerprint density at radius 1 is 1.50 bits per heavy atom. The molecule has 2 fully saturated rings. The van der Waals surface area contributed by atoms with Crippen LogP contribution in [0.4, 0.5) is 0 Å². The summed E-state index contributed by atoms with van der Waals surface area (Å²) >= 11 is 1.60. The highest BCUT2D eigenvalue weighted by Gasteiger charge is 2.38. The molecular weight excluding hydrogens is 294 g/mol. The van der Waals surface area contributed by atoms with Crippen LogP contribution in [0, 0.1) is 17.8 Å². The molecule has 2 aromatic rings. The summed E-state index contributed by atoms with van der Waals surface area (Å²) in [5.74, 6) is 6.64. The van der Waals surface area contributed by atoms with Gasteiger partial charge >= 0.3 is 0 Å². The maximum absolute atomic E-state index is 12.4. The fraction of sp³-hybridized carbons (Fsp3) is 0.412. The van der Waals surface area contributed by atoms with E-state index < -0.39 is 0 Å². The molecule has 2 bridgehead atoms. The Kier molecular flexibility index (Phi) is 3.36. The first-order valence-corrected chi connectivity index (χ1v) is 8.42. The predicted molar refractivity (Wildman–Crippen MR) is 87.7 cm³/mol. The minimum absolute atomic E-state index is 0.0732. The molecule has 2 saturated heterocycles. The van der Waals surface area contributed by atoms with Gasteiger partial charge in [-0.2, -0.15) is 0 Å². The van der Waals surface area contributed by atoms with Gasteiger partial charge in [0.05, 0.1) is 11.0 Å². The second kappa shape index (κ2) is 5.38. The van der Waals surface area contributed by atoms with Gasteiger partial charge in [0, 0.05) is 29.4 Å². The number of rotatable bonds is 2. The van der Waals surface area contributed by atoms with Crippen molar-refractivity contribution in [2.75, 3.05) is 13.1 Å². The number of nitrogens with one attached hydrogen (secondary N) is 1. The SMILES string of the molecule is CC#Cc1cc2cnc(C(=O)NC3CC4CCN3C4)cc2s1. The minimum Gasteiger partial charge on any atom is -0.335 e. The van der Waals surface area contributed by atoms with E-state index in [0.717, 1.165) is 40.4 Å². The Labute approximate surface area is 133 Å². The van der Waals surface area contributed by atoms with Crippen molar-refractivity contribution in [2.45, 2.75) is 25.9 Å². The average molecular weight is 311 g/mol. The summed E-state index contributed by atoms with van der Waals surface area (Å²) in [5.41, 5.74) is 0.495. The Balaban J connectivity index is 1.54. The van der Waals surface area contributed by atoms with E-state index in [1.807, 2.05) is 19.1 Å². The predicted octanol–water partition coefficient (Wildman–Crippen LogP) is 2.45. The van der Waals surface area contributed by atoms with E-state index in [1.54, 1.807) is 17.5 Å². The number of nitrogens with zero attached hydrogens (tertiary/aromatic N) is 2. The Hall–Kier alpha value is -1.90. The quantitative estimate of drug-likeness (QED) is 0.867. The van der Waals surface area contributed by atoms with Crippen molar-refractivity contribution < 1.29 is 4.79 Å². The lowest BCUT2D eigenvalue weighted by atomic mass is 10.0. The molecule has 4 nitrogen and oxygen atoms in total. The van der Waals surface area contributed by atoms with Crippen LogP contribution < -0.4 is 5.32 Å². The molecule has 3 atom stereocenters. The van der Waals surface area contributed by atoms with Gasteiger partial charge in [0.15, 0.2) is 0 Å². The van der Waals surface area contributed by atoms with Crippen molar-refractivity contribution >= 4 is 27.3 Å². The van der Waals surface area contributed by atoms with Crippen molar-refractivity contribution in [1.29, 1.82) is 0 Å². The van der Waals surface area contributed by atoms with Crippen LogP contribution in [0.25, 0.3) is 10.1 Å². The van der Waals surface area contributed by atoms with Crippen molar-refractivity contribution in [3.8, 4) is 11.8 Å². The van der Waals surface area contributed by atoms with E-state index in [4.69, 9.17) is 0 Å². The summed E-state index contributed by atoms with van der Waals surface area (Å²) in [6, 6.07) is 3.89. The van der Waals surface area contributed by atoms with Crippen molar-refractivity contribution in [1.82, 2.24) is 15.2 Å². The zero-order valence-electron chi connectivity index (χ0n) is 12.4. The summed E-state index contributed by atoms with van der Waals surface area (Å²) < 4.78 is 1.06. The summed E-state index contributed by atoms with van der Waals surface area (Å²) in [6.45, 7) is 4.06. The van der Waals surface area contributed by atoms with E-state index >= 15 is 0 Å². The fourth-order valence-corrected chi connectivity index (χ4v) is 4.40. The third kappa shape index (κ3) is 2.39. The van der Waals surface area contributed by atoms with Gasteiger partial charge in [0.1, 0.15) is 5.69 Å². The fourth-order valence-electron chi connectivity index (χ4n) is 3.42. The van der Waals surface area contributed by atoms with Crippen LogP contribution in [0.2, 0.25) is 0 Å². The molecule has 2 aliphatic rings. The van der Waals surface area contributed by atoms with Gasteiger partial charge in [-0.15, -0.1) is 17.3 Å². The van der Waals surface area contributed by atoms with Crippen LogP contribution in [0.3, 0.4) is 0 Å². The molecule has 4 heterocycles. The zero-order chi connectivity index (χ0) is 15.1. The molecule has 2 aromatic heterocycles. The molecule has 0 radical (unpaired) electrons. The Morgan fingerprint density at radius 2 is 2.41 bits per heavy atom. The molecule has 112 valence electrons. The van der Waals surface area contributed by atoms with Crippen LogP contribution in [0.15, 0.2) is 18.3 Å². The number of carbonyl (C=O) groups is 1. The highest BCUT2D eigenvalue weighted by atomic mass is 32.1. The molecule has 1 amide bonds. The van der Waals surface area contributed by atoms with Crippen molar-refractivity contribution in [3.63, 3.8) is 0 Å². The van der Waals surface area contributed by atoms with Crippen LogP contribution in [-0.2, 0) is 0 Å². The Morgan fingerprint density at radius 3 is 3.14 bits per heavy atom. The van der Waals surface area contributed by atoms with Crippen molar-refractivity contribution in [2.24, 2.45) is 5.92 Å². The first-order valence-electron chi connectivity index (χ1n) is 7.60. The standard InChI is InChI=1S/C17H17N3OS/c1-2-3-13-7-12-9-18-14(8-15(12)22-13)17(21)19-16-6-11-4-5-20(16)10-11/h7-9,11,16H,4-6,10H2,1H3,(H,19,21). The van der Waals surface area contributed by atoms with E-state index in [-0.39, 0.29) is 12.1 Å². The normalized spacial score (nSPS) is 26.0. The van der Waals surface area contributed by atoms with Gasteiger partial charge in [-0.05, 0) is 37.8 Å². The number of fused-ring (bicyclic) bond motifs is 3. The highest BCUT2D eigenvalue weighted by molar-refractivity contribution is 7.19. The third-order valence-corrected chi connectivity index (χ3v) is 5.51. The van der Waals surface area contributed by atoms with Gasteiger partial charge in [-0.1, -0.05) is 5.92 Å². The number of thiophene rings is 1. The van der Waals surface area contributed by atoms with Crippen LogP contribution in [0.5, 0.6) is 0 Å². The summed E-state index contributed by atoms with van der Waals surface area (Å²) in [4.78, 5) is 20.1. The molecule has 1 N–H and O–H groups in total. The number of aromatic nitrogens is 1. The van der Waals surface area contributed by atoms with E-state index in [9.17, 15) is 4.79 Å². The molecule has 2 aliphatic heterocycles. The second-order valence-electron chi connectivity index (χ2n) is 5.97. The topological polar surface area (TPSA) is 45.2 Å². The molecule has 3 unspecified atom stereocenters. The van der Waals surface area contributed by atoms with Gasteiger partial charge in [-0.3, -0.25) is 14.7 Å². The lowest BCUT2D eigenvalue weighted by molar-refractivity contribution is 0.0878. The number of hydrogen-bond acceptors (Lipinski definition) is 4.